The van der Waals surface area contributed by atoms with Gasteiger partial charge in [-0.25, -0.2) is 0 Å². The fraction of sp³-hybridized carbons (Fsp3) is 0.643. The van der Waals surface area contributed by atoms with Crippen molar-refractivity contribution < 1.29 is 9.84 Å². The van der Waals surface area contributed by atoms with Gasteiger partial charge in [0.25, 0.3) is 0 Å². The van der Waals surface area contributed by atoms with E-state index in [1.165, 1.54) is 6.42 Å². The van der Waals surface area contributed by atoms with Crippen LogP contribution in [0.2, 0.25) is 0 Å². The molecule has 0 aromatic carbocycles. The number of rotatable bonds is 3. The molecule has 94 valence electrons. The molecular formula is C14H21NO2. The van der Waals surface area contributed by atoms with E-state index in [-0.39, 0.29) is 12.7 Å². The lowest BCUT2D eigenvalue weighted by atomic mass is 9.82. The molecule has 3 heteroatoms. The van der Waals surface area contributed by atoms with Gasteiger partial charge in [0.2, 0.25) is 0 Å². The maximum atomic E-state index is 9.23. The van der Waals surface area contributed by atoms with E-state index in [0.29, 0.717) is 0 Å². The van der Waals surface area contributed by atoms with Crippen molar-refractivity contribution in [1.29, 1.82) is 0 Å². The molecule has 1 aliphatic rings. The second-order valence-corrected chi connectivity index (χ2v) is 5.30. The Morgan fingerprint density at radius 2 is 2.00 bits per heavy atom. The van der Waals surface area contributed by atoms with E-state index < -0.39 is 0 Å². The maximum absolute atomic E-state index is 9.23. The molecule has 1 heterocycles. The van der Waals surface area contributed by atoms with Gasteiger partial charge in [-0.05, 0) is 37.2 Å². The molecule has 1 aromatic rings. The minimum absolute atomic E-state index is 0.0129. The zero-order valence-electron chi connectivity index (χ0n) is 10.6. The van der Waals surface area contributed by atoms with Crippen LogP contribution in [0.4, 0.5) is 0 Å². The van der Waals surface area contributed by atoms with Gasteiger partial charge in [-0.3, -0.25) is 4.98 Å². The second-order valence-electron chi connectivity index (χ2n) is 5.30. The van der Waals surface area contributed by atoms with Crippen LogP contribution in [0.3, 0.4) is 0 Å². The van der Waals surface area contributed by atoms with E-state index in [9.17, 15) is 5.11 Å². The van der Waals surface area contributed by atoms with Gasteiger partial charge < -0.3 is 9.84 Å². The molecule has 17 heavy (non-hydrogen) atoms. The van der Waals surface area contributed by atoms with E-state index in [4.69, 9.17) is 4.74 Å². The summed E-state index contributed by atoms with van der Waals surface area (Å²) in [6.07, 6.45) is 7.18. The Kier molecular flexibility index (Phi) is 4.00. The highest BCUT2D eigenvalue weighted by atomic mass is 16.5. The van der Waals surface area contributed by atoms with Crippen LogP contribution in [-0.2, 0) is 6.61 Å². The number of pyridine rings is 1. The zero-order valence-corrected chi connectivity index (χ0v) is 10.6. The van der Waals surface area contributed by atoms with E-state index in [0.717, 1.165) is 36.0 Å². The SMILES string of the molecule is CC1CC(C)CC(Oc2ccncc2CO)C1. The summed E-state index contributed by atoms with van der Waals surface area (Å²) < 4.78 is 6.02. The molecule has 1 aliphatic carbocycles. The standard InChI is InChI=1S/C14H21NO2/c1-10-5-11(2)7-13(6-10)17-14-3-4-15-8-12(14)9-16/h3-4,8,10-11,13,16H,5-7,9H2,1-2H3. The molecule has 0 amide bonds. The first-order valence-corrected chi connectivity index (χ1v) is 6.39. The molecule has 0 radical (unpaired) electrons. The van der Waals surface area contributed by atoms with Gasteiger partial charge >= 0.3 is 0 Å². The van der Waals surface area contributed by atoms with Crippen molar-refractivity contribution in [3.63, 3.8) is 0 Å². The molecule has 2 unspecified atom stereocenters. The van der Waals surface area contributed by atoms with Crippen molar-refractivity contribution in [2.75, 3.05) is 0 Å². The molecule has 2 atom stereocenters. The average Bonchev–Trinajstić information content (AvgIpc) is 2.28. The van der Waals surface area contributed by atoms with E-state index in [2.05, 4.69) is 18.8 Å². The molecule has 1 fully saturated rings. The van der Waals surface area contributed by atoms with Gasteiger partial charge in [-0.1, -0.05) is 13.8 Å². The maximum Gasteiger partial charge on any atom is 0.128 e. The van der Waals surface area contributed by atoms with Crippen LogP contribution in [0.25, 0.3) is 0 Å². The third-order valence-electron chi connectivity index (χ3n) is 3.46. The predicted molar refractivity (Wildman–Crippen MR) is 66.8 cm³/mol. The van der Waals surface area contributed by atoms with Crippen molar-refractivity contribution in [3.8, 4) is 5.75 Å². The van der Waals surface area contributed by atoms with Crippen molar-refractivity contribution in [3.05, 3.63) is 24.0 Å². The number of hydrogen-bond donors (Lipinski definition) is 1. The molecular weight excluding hydrogens is 214 g/mol. The lowest BCUT2D eigenvalue weighted by molar-refractivity contribution is 0.0983. The smallest absolute Gasteiger partial charge is 0.128 e. The highest BCUT2D eigenvalue weighted by Crippen LogP contribution is 2.32. The first kappa shape index (κ1) is 12.4. The van der Waals surface area contributed by atoms with Crippen molar-refractivity contribution >= 4 is 0 Å². The van der Waals surface area contributed by atoms with Gasteiger partial charge in [0, 0.05) is 18.0 Å². The summed E-state index contributed by atoms with van der Waals surface area (Å²) in [4.78, 5) is 4.00. The number of nitrogens with zero attached hydrogens (tertiary/aromatic N) is 1. The van der Waals surface area contributed by atoms with Crippen LogP contribution in [-0.4, -0.2) is 16.2 Å². The molecule has 0 saturated heterocycles. The number of aromatic nitrogens is 1. The topological polar surface area (TPSA) is 42.4 Å². The lowest BCUT2D eigenvalue weighted by Crippen LogP contribution is -2.28. The fourth-order valence-corrected chi connectivity index (χ4v) is 2.80. The third-order valence-corrected chi connectivity index (χ3v) is 3.46. The van der Waals surface area contributed by atoms with Gasteiger partial charge in [0.15, 0.2) is 0 Å². The van der Waals surface area contributed by atoms with Crippen LogP contribution in [0.1, 0.15) is 38.7 Å². The Morgan fingerprint density at radius 1 is 1.29 bits per heavy atom. The van der Waals surface area contributed by atoms with Crippen LogP contribution in [0, 0.1) is 11.8 Å². The van der Waals surface area contributed by atoms with Crippen molar-refractivity contribution in [2.45, 2.75) is 45.8 Å². The van der Waals surface area contributed by atoms with E-state index >= 15 is 0 Å². The molecule has 1 N–H and O–H groups in total. The fourth-order valence-electron chi connectivity index (χ4n) is 2.80. The van der Waals surface area contributed by atoms with Crippen molar-refractivity contribution in [2.24, 2.45) is 11.8 Å². The summed E-state index contributed by atoms with van der Waals surface area (Å²) in [5.74, 6) is 2.24. The molecule has 0 spiro atoms. The number of aliphatic hydroxyl groups excluding tert-OH is 1. The minimum atomic E-state index is -0.0129. The quantitative estimate of drug-likeness (QED) is 0.876. The van der Waals surface area contributed by atoms with Gasteiger partial charge in [-0.2, -0.15) is 0 Å². The average molecular weight is 235 g/mol. The summed E-state index contributed by atoms with van der Waals surface area (Å²) in [6, 6.07) is 1.84. The largest absolute Gasteiger partial charge is 0.490 e. The molecule has 0 aliphatic heterocycles. The van der Waals surface area contributed by atoms with E-state index in [1.807, 2.05) is 6.07 Å². The molecule has 1 saturated carbocycles. The molecule has 0 bridgehead atoms. The summed E-state index contributed by atoms with van der Waals surface area (Å²) in [5, 5.41) is 9.23. The van der Waals surface area contributed by atoms with Gasteiger partial charge in [0.1, 0.15) is 5.75 Å². The van der Waals surface area contributed by atoms with Gasteiger partial charge in [-0.15, -0.1) is 0 Å². The van der Waals surface area contributed by atoms with E-state index in [1.54, 1.807) is 12.4 Å². The lowest BCUT2D eigenvalue weighted by Gasteiger charge is -2.32. The molecule has 2 rings (SSSR count). The second kappa shape index (κ2) is 5.50. The van der Waals surface area contributed by atoms with Crippen LogP contribution in [0.15, 0.2) is 18.5 Å². The van der Waals surface area contributed by atoms with Gasteiger partial charge in [0.05, 0.1) is 12.7 Å². The monoisotopic (exact) mass is 235 g/mol. The number of aliphatic hydroxyl groups is 1. The molecule has 1 aromatic heterocycles. The normalized spacial score (nSPS) is 29.0. The zero-order chi connectivity index (χ0) is 12.3. The third kappa shape index (κ3) is 3.19. The van der Waals surface area contributed by atoms with Crippen molar-refractivity contribution in [1.82, 2.24) is 4.98 Å². The first-order chi connectivity index (χ1) is 8.19. The summed E-state index contributed by atoms with van der Waals surface area (Å²) in [6.45, 7) is 4.55. The minimum Gasteiger partial charge on any atom is -0.490 e. The Balaban J connectivity index is 2.04. The highest BCUT2D eigenvalue weighted by molar-refractivity contribution is 5.29. The van der Waals surface area contributed by atoms with Crippen LogP contribution < -0.4 is 4.74 Å². The van der Waals surface area contributed by atoms with Crippen LogP contribution in [0.5, 0.6) is 5.75 Å². The Bertz CT molecular complexity index is 357. The first-order valence-electron chi connectivity index (χ1n) is 6.39. The Labute approximate surface area is 103 Å². The molecule has 3 nitrogen and oxygen atoms in total. The summed E-state index contributed by atoms with van der Waals surface area (Å²) in [5.41, 5.74) is 0.776. The predicted octanol–water partition coefficient (Wildman–Crippen LogP) is 2.78. The highest BCUT2D eigenvalue weighted by Gasteiger charge is 2.25. The summed E-state index contributed by atoms with van der Waals surface area (Å²) >= 11 is 0. The Hall–Kier alpha value is -1.09. The number of ether oxygens (including phenoxy) is 1. The summed E-state index contributed by atoms with van der Waals surface area (Å²) in [7, 11) is 0. The van der Waals surface area contributed by atoms with Crippen LogP contribution >= 0.6 is 0 Å². The Morgan fingerprint density at radius 3 is 2.65 bits per heavy atom. The number of hydrogen-bond acceptors (Lipinski definition) is 3.